The number of hydrogen-bond donors (Lipinski definition) is 1. The third-order valence-electron chi connectivity index (χ3n) is 15.1. The Morgan fingerprint density at radius 3 is 2.02 bits per heavy atom. The molecule has 3 saturated heterocycles. The highest BCUT2D eigenvalue weighted by Gasteiger charge is 2.92. The van der Waals surface area contributed by atoms with Gasteiger partial charge in [-0.05, 0) is 43.9 Å². The maximum absolute atomic E-state index is 14.8. The second-order valence-electron chi connectivity index (χ2n) is 16.9. The Morgan fingerprint density at radius 2 is 1.42 bits per heavy atom. The Kier molecular flexibility index (Phi) is 6.26. The van der Waals surface area contributed by atoms with E-state index in [1.807, 2.05) is 34.6 Å². The molecule has 3 heterocycles. The monoisotopic (exact) mass is 670 g/mol. The minimum atomic E-state index is -1.64. The Hall–Kier alpha value is -2.83. The van der Waals surface area contributed by atoms with Gasteiger partial charge in [0, 0.05) is 55.3 Å². The van der Waals surface area contributed by atoms with Gasteiger partial charge in [0.25, 0.3) is 0 Å². The van der Waals surface area contributed by atoms with Gasteiger partial charge < -0.3 is 33.5 Å². The van der Waals surface area contributed by atoms with Crippen molar-refractivity contribution in [2.45, 2.75) is 117 Å². The van der Waals surface area contributed by atoms with Crippen LogP contribution >= 0.6 is 0 Å². The van der Waals surface area contributed by atoms with Gasteiger partial charge in [0.1, 0.15) is 41.9 Å². The third-order valence-corrected chi connectivity index (χ3v) is 15.1. The van der Waals surface area contributed by atoms with Crippen LogP contribution in [0.25, 0.3) is 0 Å². The maximum atomic E-state index is 14.8. The zero-order valence-electron chi connectivity index (χ0n) is 28.9. The number of esters is 3. The number of hydrogen-bond acceptors (Lipinski definition) is 12. The zero-order chi connectivity index (χ0) is 35.0. The van der Waals surface area contributed by atoms with E-state index in [-0.39, 0.29) is 17.8 Å². The highest BCUT2D eigenvalue weighted by Crippen LogP contribution is 2.82. The topological polar surface area (TPSA) is 168 Å². The highest BCUT2D eigenvalue weighted by molar-refractivity contribution is 6.40. The molecule has 1 N–H and O–H groups in total. The van der Waals surface area contributed by atoms with Gasteiger partial charge in [-0.1, -0.05) is 34.3 Å². The van der Waals surface area contributed by atoms with Gasteiger partial charge in [-0.25, -0.2) is 0 Å². The third kappa shape index (κ3) is 3.36. The number of rotatable bonds is 3. The van der Waals surface area contributed by atoms with Crippen LogP contribution in [0.3, 0.4) is 0 Å². The Labute approximate surface area is 279 Å². The fourth-order valence-corrected chi connectivity index (χ4v) is 13.3. The summed E-state index contributed by atoms with van der Waals surface area (Å²) in [5, 5.41) is 12.2. The molecule has 0 aromatic carbocycles. The lowest BCUT2D eigenvalue weighted by atomic mass is 9.40. The number of aliphatic hydroxyl groups is 1. The number of fused-ring (bicyclic) bond motifs is 9. The molecule has 1 spiro atoms. The minimum Gasteiger partial charge on any atom is -0.462 e. The first-order valence-electron chi connectivity index (χ1n) is 17.3. The van der Waals surface area contributed by atoms with Crippen molar-refractivity contribution in [2.24, 2.45) is 63.6 Å². The molecule has 19 atom stereocenters. The van der Waals surface area contributed by atoms with Crippen molar-refractivity contribution in [1.29, 1.82) is 0 Å². The summed E-state index contributed by atoms with van der Waals surface area (Å²) in [4.78, 5) is 67.9. The van der Waals surface area contributed by atoms with Crippen LogP contribution in [-0.2, 0) is 52.4 Å². The lowest BCUT2D eigenvalue weighted by molar-refractivity contribution is -0.233. The second-order valence-corrected chi connectivity index (χ2v) is 16.9. The quantitative estimate of drug-likeness (QED) is 0.202. The predicted molar refractivity (Wildman–Crippen MR) is 162 cm³/mol. The van der Waals surface area contributed by atoms with E-state index in [1.165, 1.54) is 20.8 Å². The second kappa shape index (κ2) is 9.28. The van der Waals surface area contributed by atoms with E-state index in [0.29, 0.717) is 6.42 Å². The normalized spacial score (nSPS) is 58.1. The van der Waals surface area contributed by atoms with Crippen LogP contribution in [0.4, 0.5) is 0 Å². The van der Waals surface area contributed by atoms with E-state index in [2.05, 4.69) is 6.58 Å². The van der Waals surface area contributed by atoms with E-state index in [9.17, 15) is 29.1 Å². The molecule has 262 valence electrons. The summed E-state index contributed by atoms with van der Waals surface area (Å²) in [6, 6.07) is 0. The number of Topliss-reactive ketones (excluding diaryl/α,β-unsaturated/α-hetero) is 2. The smallest absolute Gasteiger partial charge is 0.303 e. The molecule has 0 aromatic heterocycles. The first kappa shape index (κ1) is 32.4. The summed E-state index contributed by atoms with van der Waals surface area (Å²) in [5.41, 5.74) is -4.96. The van der Waals surface area contributed by atoms with Crippen molar-refractivity contribution in [3.63, 3.8) is 0 Å². The number of carbonyl (C=O) groups is 5. The molecule has 5 aliphatic carbocycles. The highest BCUT2D eigenvalue weighted by atomic mass is 16.8. The lowest BCUT2D eigenvalue weighted by Crippen LogP contribution is -2.71. The van der Waals surface area contributed by atoms with Crippen molar-refractivity contribution in [2.75, 3.05) is 0 Å². The van der Waals surface area contributed by atoms with Crippen LogP contribution in [-0.4, -0.2) is 82.6 Å². The lowest BCUT2D eigenvalue weighted by Gasteiger charge is -2.64. The fourth-order valence-electron chi connectivity index (χ4n) is 13.3. The van der Waals surface area contributed by atoms with Crippen LogP contribution in [0, 0.1) is 63.6 Å². The molecule has 48 heavy (non-hydrogen) atoms. The number of ether oxygens (including phenoxy) is 6. The van der Waals surface area contributed by atoms with Crippen molar-refractivity contribution in [1.82, 2.24) is 0 Å². The van der Waals surface area contributed by atoms with E-state index >= 15 is 0 Å². The summed E-state index contributed by atoms with van der Waals surface area (Å²) < 4.78 is 37.3. The van der Waals surface area contributed by atoms with E-state index < -0.39 is 129 Å². The minimum absolute atomic E-state index is 0.134. The Bertz CT molecular complexity index is 1590. The molecular formula is C36H46O12. The molecule has 0 amide bonds. The first-order chi connectivity index (χ1) is 22.2. The van der Waals surface area contributed by atoms with E-state index in [1.54, 1.807) is 6.92 Å². The molecule has 8 rings (SSSR count). The SMILES string of the molecule is C=C1O[C@]23O[C@H]2[C@@H](C)[C@H]2[C@@H]([C@H](OC(C)=O)[C@H]4[C@@H]5C(=O)C(=O)[C@H]6C[C@@H]7O[C@@H]7[C@H](OC(C)=O)[C@]6(C)[C@H]5[C@H](C)[C@H](OC(C)=O)[C@@]42C)[C@@]3(C)[C@]1(C)O. The van der Waals surface area contributed by atoms with Crippen molar-refractivity contribution in [3.8, 4) is 0 Å². The molecule has 0 radical (unpaired) electrons. The van der Waals surface area contributed by atoms with Crippen LogP contribution in [0.2, 0.25) is 0 Å². The maximum Gasteiger partial charge on any atom is 0.303 e. The molecule has 0 unspecified atom stereocenters. The molecule has 0 bridgehead atoms. The summed E-state index contributed by atoms with van der Waals surface area (Å²) in [7, 11) is 0. The Balaban J connectivity index is 1.39. The summed E-state index contributed by atoms with van der Waals surface area (Å²) >= 11 is 0. The molecule has 8 aliphatic rings. The van der Waals surface area contributed by atoms with Crippen LogP contribution in [0.1, 0.15) is 68.7 Å². The van der Waals surface area contributed by atoms with Crippen LogP contribution in [0.5, 0.6) is 0 Å². The standard InChI is InChI=1S/C36H46O12/c1-12-21-20(26(41)25(40)18-11-19-27(46-19)31(32(18,21)7)45-17(6)39)23-28(43-15(4)37)24-22(33(23,8)29(12)44-16(5)38)13(2)30-36(48-30)34(24,9)35(10,42)14(3)47-36/h12-13,18-24,27-31,42H,3,11H2,1-2,4-10H3/t12-,13-,18+,19-,20+,21-,22-,23+,24-,27-,28+,29-,30-,31-,32-,33+,34-,35+,36-/m0/s1. The van der Waals surface area contributed by atoms with Gasteiger partial charge in [0.15, 0.2) is 0 Å². The molecule has 8 fully saturated rings. The van der Waals surface area contributed by atoms with Gasteiger partial charge in [0.05, 0.1) is 11.5 Å². The fraction of sp³-hybridized carbons (Fsp3) is 0.806. The molecule has 12 nitrogen and oxygen atoms in total. The summed E-state index contributed by atoms with van der Waals surface area (Å²) in [6.07, 6.45) is -3.53. The van der Waals surface area contributed by atoms with Crippen molar-refractivity contribution < 1.29 is 57.5 Å². The number of epoxide rings is 2. The molecule has 5 saturated carbocycles. The number of carbonyl (C=O) groups excluding carboxylic acids is 5. The largest absolute Gasteiger partial charge is 0.462 e. The van der Waals surface area contributed by atoms with Gasteiger partial charge in [-0.15, -0.1) is 0 Å². The summed E-state index contributed by atoms with van der Waals surface area (Å²) in [6.45, 7) is 19.3. The van der Waals surface area contributed by atoms with Crippen molar-refractivity contribution in [3.05, 3.63) is 12.3 Å². The van der Waals surface area contributed by atoms with E-state index in [0.717, 1.165) is 0 Å². The van der Waals surface area contributed by atoms with E-state index in [4.69, 9.17) is 28.4 Å². The van der Waals surface area contributed by atoms with Crippen molar-refractivity contribution >= 4 is 29.5 Å². The molecular weight excluding hydrogens is 624 g/mol. The van der Waals surface area contributed by atoms with Crippen LogP contribution < -0.4 is 0 Å². The molecule has 12 heteroatoms. The summed E-state index contributed by atoms with van der Waals surface area (Å²) in [5.74, 6) is -8.91. The molecule has 0 aromatic rings. The first-order valence-corrected chi connectivity index (χ1v) is 17.3. The van der Waals surface area contributed by atoms with Gasteiger partial charge in [-0.3, -0.25) is 24.0 Å². The van der Waals surface area contributed by atoms with Crippen LogP contribution in [0.15, 0.2) is 12.3 Å². The van der Waals surface area contributed by atoms with Gasteiger partial charge in [0.2, 0.25) is 17.4 Å². The predicted octanol–water partition coefficient (Wildman–Crippen LogP) is 2.52. The average molecular weight is 671 g/mol. The average Bonchev–Trinajstić information content (AvgIpc) is 3.88. The van der Waals surface area contributed by atoms with Gasteiger partial charge in [-0.2, -0.15) is 0 Å². The molecule has 3 aliphatic heterocycles. The Morgan fingerprint density at radius 1 is 0.812 bits per heavy atom. The number of ketones is 2. The van der Waals surface area contributed by atoms with Gasteiger partial charge >= 0.3 is 17.9 Å². The zero-order valence-corrected chi connectivity index (χ0v) is 28.9.